The van der Waals surface area contributed by atoms with Crippen molar-refractivity contribution in [2.75, 3.05) is 69.2 Å². The summed E-state index contributed by atoms with van der Waals surface area (Å²) >= 11 is 0. The van der Waals surface area contributed by atoms with Gasteiger partial charge in [-0.25, -0.2) is 9.78 Å². The van der Waals surface area contributed by atoms with Crippen LogP contribution < -0.4 is 15.5 Å². The first-order chi connectivity index (χ1) is 14.7. The summed E-state index contributed by atoms with van der Waals surface area (Å²) in [6.45, 7) is 12.0. The van der Waals surface area contributed by atoms with Crippen LogP contribution in [0.4, 0.5) is 16.3 Å². The molecule has 2 aliphatic rings. The number of carbonyl (C=O) groups excluding carboxylic acids is 1. The molecular formula is C21H35N7O3. The number of nitrogens with two attached hydrogens (primary N) is 1. The maximum Gasteiger partial charge on any atom is 0.410 e. The summed E-state index contributed by atoms with van der Waals surface area (Å²) in [5.41, 5.74) is 6.78. The van der Waals surface area contributed by atoms with E-state index in [4.69, 9.17) is 10.5 Å². The fourth-order valence-corrected chi connectivity index (χ4v) is 3.75. The molecule has 3 heterocycles. The van der Waals surface area contributed by atoms with E-state index in [9.17, 15) is 10.0 Å². The molecule has 2 fully saturated rings. The first kappa shape index (κ1) is 22.9. The molecule has 172 valence electrons. The van der Waals surface area contributed by atoms with Crippen molar-refractivity contribution in [2.45, 2.75) is 32.8 Å². The highest BCUT2D eigenvalue weighted by Gasteiger charge is 2.25. The molecule has 2 saturated heterocycles. The highest BCUT2D eigenvalue weighted by Crippen LogP contribution is 2.25. The molecule has 0 aliphatic carbocycles. The van der Waals surface area contributed by atoms with E-state index in [0.717, 1.165) is 50.6 Å². The van der Waals surface area contributed by atoms with Gasteiger partial charge in [-0.05, 0) is 40.3 Å². The van der Waals surface area contributed by atoms with Gasteiger partial charge >= 0.3 is 6.09 Å². The van der Waals surface area contributed by atoms with E-state index in [2.05, 4.69) is 38.0 Å². The standard InChI is InChI=1S/C21H35N7O3/c1-21(2,3)31-20(29)28-7-5-6-26(12-13-28)16-14-17(19(22)24-30)23-18(15-16)27-10-8-25(4)9-11-27/h14-15,30H,5-13H2,1-4H3,(H2,22,24). The van der Waals surface area contributed by atoms with E-state index in [1.54, 1.807) is 4.90 Å². The Labute approximate surface area is 184 Å². The predicted octanol–water partition coefficient (Wildman–Crippen LogP) is 1.38. The lowest BCUT2D eigenvalue weighted by molar-refractivity contribution is 0.0263. The van der Waals surface area contributed by atoms with Crippen LogP contribution in [0.5, 0.6) is 0 Å². The average molecular weight is 434 g/mol. The second kappa shape index (κ2) is 9.59. The summed E-state index contributed by atoms with van der Waals surface area (Å²) in [6, 6.07) is 3.90. The Morgan fingerprint density at radius 2 is 1.74 bits per heavy atom. The van der Waals surface area contributed by atoms with Gasteiger partial charge in [0.25, 0.3) is 0 Å². The number of anilines is 2. The zero-order chi connectivity index (χ0) is 22.6. The number of amidine groups is 1. The molecule has 0 aromatic carbocycles. The summed E-state index contributed by atoms with van der Waals surface area (Å²) in [5, 5.41) is 12.3. The SMILES string of the molecule is CN1CCN(c2cc(N3CCCN(C(=O)OC(C)(C)C)CC3)cc(/C(N)=N/O)n2)CC1. The van der Waals surface area contributed by atoms with Gasteiger partial charge in [0.15, 0.2) is 5.84 Å². The Morgan fingerprint density at radius 1 is 1.06 bits per heavy atom. The molecule has 10 heteroatoms. The predicted molar refractivity (Wildman–Crippen MR) is 121 cm³/mol. The van der Waals surface area contributed by atoms with E-state index in [0.29, 0.717) is 25.3 Å². The monoisotopic (exact) mass is 433 g/mol. The number of amides is 1. The van der Waals surface area contributed by atoms with Crippen molar-refractivity contribution in [2.24, 2.45) is 10.9 Å². The second-order valence-corrected chi connectivity index (χ2v) is 9.15. The fraction of sp³-hybridized carbons (Fsp3) is 0.667. The topological polar surface area (TPSA) is 111 Å². The summed E-state index contributed by atoms with van der Waals surface area (Å²) < 4.78 is 5.53. The maximum absolute atomic E-state index is 12.5. The van der Waals surface area contributed by atoms with Crippen LogP contribution >= 0.6 is 0 Å². The normalized spacial score (nSPS) is 19.4. The van der Waals surface area contributed by atoms with Crippen LogP contribution in [-0.2, 0) is 4.74 Å². The van der Waals surface area contributed by atoms with Gasteiger partial charge in [-0.3, -0.25) is 0 Å². The molecule has 0 bridgehead atoms. The zero-order valence-electron chi connectivity index (χ0n) is 19.0. The van der Waals surface area contributed by atoms with Crippen molar-refractivity contribution < 1.29 is 14.7 Å². The molecule has 0 saturated carbocycles. The molecule has 1 aromatic heterocycles. The van der Waals surface area contributed by atoms with Crippen LogP contribution in [0, 0.1) is 0 Å². The Balaban J connectivity index is 1.79. The summed E-state index contributed by atoms with van der Waals surface area (Å²) in [7, 11) is 2.11. The number of hydrogen-bond acceptors (Lipinski definition) is 8. The van der Waals surface area contributed by atoms with Crippen molar-refractivity contribution in [3.8, 4) is 0 Å². The van der Waals surface area contributed by atoms with Crippen LogP contribution in [-0.4, -0.2) is 96.9 Å². The molecule has 2 aliphatic heterocycles. The third-order valence-corrected chi connectivity index (χ3v) is 5.51. The molecule has 1 aromatic rings. The molecular weight excluding hydrogens is 398 g/mol. The van der Waals surface area contributed by atoms with Crippen LogP contribution in [0.15, 0.2) is 17.3 Å². The lowest BCUT2D eigenvalue weighted by Gasteiger charge is -2.34. The molecule has 0 atom stereocenters. The third kappa shape index (κ3) is 6.13. The van der Waals surface area contributed by atoms with Gasteiger partial charge < -0.3 is 35.3 Å². The minimum atomic E-state index is -0.512. The van der Waals surface area contributed by atoms with Gasteiger partial charge in [-0.15, -0.1) is 0 Å². The average Bonchev–Trinajstić information content (AvgIpc) is 2.98. The van der Waals surface area contributed by atoms with Crippen LogP contribution in [0.3, 0.4) is 0 Å². The number of hydrogen-bond donors (Lipinski definition) is 2. The summed E-state index contributed by atoms with van der Waals surface area (Å²) in [5.74, 6) is 0.808. The molecule has 0 spiro atoms. The second-order valence-electron chi connectivity index (χ2n) is 9.15. The first-order valence-electron chi connectivity index (χ1n) is 10.8. The van der Waals surface area contributed by atoms with Crippen molar-refractivity contribution in [1.29, 1.82) is 0 Å². The van der Waals surface area contributed by atoms with E-state index < -0.39 is 5.60 Å². The highest BCUT2D eigenvalue weighted by molar-refractivity contribution is 5.96. The van der Waals surface area contributed by atoms with Crippen molar-refractivity contribution in [1.82, 2.24) is 14.8 Å². The number of nitrogens with zero attached hydrogens (tertiary/aromatic N) is 6. The molecule has 10 nitrogen and oxygen atoms in total. The van der Waals surface area contributed by atoms with Gasteiger partial charge in [0.05, 0.1) is 0 Å². The number of oxime groups is 1. The van der Waals surface area contributed by atoms with Crippen molar-refractivity contribution >= 4 is 23.4 Å². The van der Waals surface area contributed by atoms with E-state index in [1.165, 1.54) is 0 Å². The van der Waals surface area contributed by atoms with Gasteiger partial charge in [0.2, 0.25) is 0 Å². The maximum atomic E-state index is 12.5. The molecule has 3 rings (SSSR count). The minimum Gasteiger partial charge on any atom is -0.444 e. The van der Waals surface area contributed by atoms with Gasteiger partial charge in [-0.1, -0.05) is 5.16 Å². The number of pyridine rings is 1. The Bertz CT molecular complexity index is 801. The van der Waals surface area contributed by atoms with E-state index in [-0.39, 0.29) is 11.9 Å². The quantitative estimate of drug-likeness (QED) is 0.318. The zero-order valence-corrected chi connectivity index (χ0v) is 19.0. The fourth-order valence-electron chi connectivity index (χ4n) is 3.75. The van der Waals surface area contributed by atoms with Crippen LogP contribution in [0.1, 0.15) is 32.9 Å². The van der Waals surface area contributed by atoms with Crippen LogP contribution in [0.2, 0.25) is 0 Å². The minimum absolute atomic E-state index is 0.0116. The number of carbonyl (C=O) groups is 1. The lowest BCUT2D eigenvalue weighted by atomic mass is 10.2. The van der Waals surface area contributed by atoms with Gasteiger partial charge in [0.1, 0.15) is 17.1 Å². The van der Waals surface area contributed by atoms with Crippen molar-refractivity contribution in [3.05, 3.63) is 17.8 Å². The molecule has 31 heavy (non-hydrogen) atoms. The number of likely N-dealkylation sites (N-methyl/N-ethyl adjacent to an activating group) is 1. The van der Waals surface area contributed by atoms with Gasteiger partial charge in [-0.2, -0.15) is 0 Å². The van der Waals surface area contributed by atoms with Crippen LogP contribution in [0.25, 0.3) is 0 Å². The summed E-state index contributed by atoms with van der Waals surface area (Å²) in [6.07, 6.45) is 0.546. The van der Waals surface area contributed by atoms with Gasteiger partial charge in [0, 0.05) is 64.1 Å². The summed E-state index contributed by atoms with van der Waals surface area (Å²) in [4.78, 5) is 25.6. The number of rotatable bonds is 3. The Kier molecular flexibility index (Phi) is 7.09. The molecule has 1 amide bonds. The van der Waals surface area contributed by atoms with E-state index >= 15 is 0 Å². The third-order valence-electron chi connectivity index (χ3n) is 5.51. The smallest absolute Gasteiger partial charge is 0.410 e. The Morgan fingerprint density at radius 3 is 2.39 bits per heavy atom. The number of ether oxygens (including phenoxy) is 1. The Hall–Kier alpha value is -2.75. The molecule has 0 unspecified atom stereocenters. The van der Waals surface area contributed by atoms with E-state index in [1.807, 2.05) is 26.8 Å². The largest absolute Gasteiger partial charge is 0.444 e. The highest BCUT2D eigenvalue weighted by atomic mass is 16.6. The first-order valence-corrected chi connectivity index (χ1v) is 10.8. The molecule has 0 radical (unpaired) electrons. The van der Waals surface area contributed by atoms with Crippen molar-refractivity contribution in [3.63, 3.8) is 0 Å². The lowest BCUT2D eigenvalue weighted by Crippen LogP contribution is -2.45. The number of piperazine rings is 1. The molecule has 3 N–H and O–H groups in total. The number of aromatic nitrogens is 1.